The monoisotopic (exact) mass is 358 g/mol. The summed E-state index contributed by atoms with van der Waals surface area (Å²) < 4.78 is 10.8. The van der Waals surface area contributed by atoms with Gasteiger partial charge in [-0.2, -0.15) is 0 Å². The van der Waals surface area contributed by atoms with Crippen LogP contribution >= 0.6 is 11.6 Å². The number of halogens is 1. The molecule has 0 aliphatic heterocycles. The first-order chi connectivity index (χ1) is 12.0. The molecule has 0 bridgehead atoms. The number of furan rings is 1. The Morgan fingerprint density at radius 1 is 1.12 bits per heavy atom. The topological polar surface area (TPSA) is 80.6 Å². The van der Waals surface area contributed by atoms with Crippen LogP contribution in [0.4, 0.5) is 0 Å². The van der Waals surface area contributed by atoms with Crippen molar-refractivity contribution in [1.82, 2.24) is 10.9 Å². The Morgan fingerprint density at radius 2 is 1.92 bits per heavy atom. The molecule has 128 valence electrons. The Kier molecular flexibility index (Phi) is 4.90. The molecule has 1 aromatic heterocycles. The lowest BCUT2D eigenvalue weighted by atomic mass is 10.2. The summed E-state index contributed by atoms with van der Waals surface area (Å²) in [5, 5.41) is 1.24. The minimum atomic E-state index is -0.573. The number of hydrogen-bond donors (Lipinski definition) is 2. The lowest BCUT2D eigenvalue weighted by molar-refractivity contribution is -0.123. The Morgan fingerprint density at radius 3 is 2.72 bits per heavy atom. The summed E-state index contributed by atoms with van der Waals surface area (Å²) in [5.41, 5.74) is 6.00. The number of hydrogen-bond acceptors (Lipinski definition) is 4. The third-order valence-electron chi connectivity index (χ3n) is 3.47. The highest BCUT2D eigenvalue weighted by Crippen LogP contribution is 2.22. The van der Waals surface area contributed by atoms with Gasteiger partial charge in [0.2, 0.25) is 0 Å². The molecule has 0 radical (unpaired) electrons. The highest BCUT2D eigenvalue weighted by atomic mass is 35.5. The van der Waals surface area contributed by atoms with E-state index in [9.17, 15) is 9.59 Å². The zero-order valence-corrected chi connectivity index (χ0v) is 14.1. The SMILES string of the molecule is Cc1ccccc1OCC(=O)NNC(=O)c1cc2cc(Cl)ccc2o1. The van der Waals surface area contributed by atoms with Gasteiger partial charge in [0.15, 0.2) is 12.4 Å². The Labute approximate surface area is 148 Å². The van der Waals surface area contributed by atoms with Gasteiger partial charge in [0, 0.05) is 10.4 Å². The molecular weight excluding hydrogens is 344 g/mol. The fraction of sp³-hybridized carbons (Fsp3) is 0.111. The Hall–Kier alpha value is -2.99. The van der Waals surface area contributed by atoms with Crippen molar-refractivity contribution in [3.63, 3.8) is 0 Å². The molecule has 2 N–H and O–H groups in total. The first-order valence-corrected chi connectivity index (χ1v) is 7.87. The average molecular weight is 359 g/mol. The standard InChI is InChI=1S/C18H15ClN2O4/c1-11-4-2-3-5-14(11)24-10-17(22)20-21-18(23)16-9-12-8-13(19)6-7-15(12)25-16/h2-9H,10H2,1H3,(H,20,22)(H,21,23). The lowest BCUT2D eigenvalue weighted by Gasteiger charge is -2.09. The van der Waals surface area contributed by atoms with Gasteiger partial charge < -0.3 is 9.15 Å². The molecule has 0 aliphatic carbocycles. The van der Waals surface area contributed by atoms with E-state index in [0.717, 1.165) is 5.56 Å². The van der Waals surface area contributed by atoms with Crippen molar-refractivity contribution in [3.8, 4) is 5.75 Å². The first kappa shape index (κ1) is 16.9. The van der Waals surface area contributed by atoms with Gasteiger partial charge in [0.1, 0.15) is 11.3 Å². The smallest absolute Gasteiger partial charge is 0.305 e. The summed E-state index contributed by atoms with van der Waals surface area (Å²) in [6.07, 6.45) is 0. The van der Waals surface area contributed by atoms with E-state index in [1.165, 1.54) is 0 Å². The summed E-state index contributed by atoms with van der Waals surface area (Å²) in [6.45, 7) is 1.66. The molecule has 3 rings (SSSR count). The molecule has 7 heteroatoms. The second kappa shape index (κ2) is 7.27. The lowest BCUT2D eigenvalue weighted by Crippen LogP contribution is -2.43. The van der Waals surface area contributed by atoms with Crippen LogP contribution in [0.3, 0.4) is 0 Å². The van der Waals surface area contributed by atoms with E-state index in [-0.39, 0.29) is 12.4 Å². The van der Waals surface area contributed by atoms with Gasteiger partial charge in [0.25, 0.3) is 5.91 Å². The average Bonchev–Trinajstić information content (AvgIpc) is 3.02. The van der Waals surface area contributed by atoms with E-state index in [4.69, 9.17) is 20.8 Å². The fourth-order valence-corrected chi connectivity index (χ4v) is 2.39. The molecule has 0 fully saturated rings. The van der Waals surface area contributed by atoms with Crippen LogP contribution in [0.15, 0.2) is 52.9 Å². The maximum Gasteiger partial charge on any atom is 0.305 e. The van der Waals surface area contributed by atoms with E-state index in [2.05, 4.69) is 10.9 Å². The summed E-state index contributed by atoms with van der Waals surface area (Å²) >= 11 is 5.89. The minimum absolute atomic E-state index is 0.0670. The molecule has 2 amide bonds. The number of aryl methyl sites for hydroxylation is 1. The van der Waals surface area contributed by atoms with Crippen LogP contribution in [0, 0.1) is 6.92 Å². The van der Waals surface area contributed by atoms with Gasteiger partial charge in [-0.15, -0.1) is 0 Å². The fourth-order valence-electron chi connectivity index (χ4n) is 2.21. The molecule has 0 atom stereocenters. The number of hydrazine groups is 1. The first-order valence-electron chi connectivity index (χ1n) is 7.49. The number of rotatable bonds is 4. The minimum Gasteiger partial charge on any atom is -0.483 e. The summed E-state index contributed by atoms with van der Waals surface area (Å²) in [4.78, 5) is 23.8. The number of ether oxygens (including phenoxy) is 1. The van der Waals surface area contributed by atoms with Gasteiger partial charge in [-0.1, -0.05) is 29.8 Å². The Bertz CT molecular complexity index is 936. The van der Waals surface area contributed by atoms with Crippen LogP contribution in [0.25, 0.3) is 11.0 Å². The molecule has 0 saturated carbocycles. The van der Waals surface area contributed by atoms with Gasteiger partial charge in [-0.25, -0.2) is 0 Å². The molecule has 2 aromatic carbocycles. The quantitative estimate of drug-likeness (QED) is 0.702. The molecule has 0 spiro atoms. The van der Waals surface area contributed by atoms with Gasteiger partial charge in [-0.3, -0.25) is 20.4 Å². The van der Waals surface area contributed by atoms with Crippen molar-refractivity contribution in [2.24, 2.45) is 0 Å². The molecule has 0 saturated heterocycles. The van der Waals surface area contributed by atoms with Crippen LogP contribution < -0.4 is 15.6 Å². The predicted molar refractivity (Wildman–Crippen MR) is 93.5 cm³/mol. The van der Waals surface area contributed by atoms with E-state index < -0.39 is 11.8 Å². The summed E-state index contributed by atoms with van der Waals surface area (Å²) in [5.74, 6) is -0.386. The normalized spacial score (nSPS) is 10.5. The maximum atomic E-state index is 12.0. The predicted octanol–water partition coefficient (Wildman–Crippen LogP) is 3.23. The van der Waals surface area contributed by atoms with Crippen molar-refractivity contribution in [1.29, 1.82) is 0 Å². The van der Waals surface area contributed by atoms with Crippen LogP contribution in [-0.2, 0) is 4.79 Å². The summed E-state index contributed by atoms with van der Waals surface area (Å²) in [6, 6.07) is 13.9. The van der Waals surface area contributed by atoms with Gasteiger partial charge >= 0.3 is 5.91 Å². The Balaban J connectivity index is 1.54. The van der Waals surface area contributed by atoms with Gasteiger partial charge in [0.05, 0.1) is 0 Å². The zero-order chi connectivity index (χ0) is 17.8. The van der Waals surface area contributed by atoms with Crippen molar-refractivity contribution < 1.29 is 18.7 Å². The maximum absolute atomic E-state index is 12.0. The third kappa shape index (κ3) is 4.10. The third-order valence-corrected chi connectivity index (χ3v) is 3.71. The number of amides is 2. The van der Waals surface area contributed by atoms with Crippen molar-refractivity contribution in [2.75, 3.05) is 6.61 Å². The molecule has 6 nitrogen and oxygen atoms in total. The van der Waals surface area contributed by atoms with Gasteiger partial charge in [-0.05, 0) is 42.8 Å². The zero-order valence-electron chi connectivity index (χ0n) is 13.3. The van der Waals surface area contributed by atoms with E-state index in [0.29, 0.717) is 21.7 Å². The number of carbonyl (C=O) groups is 2. The van der Waals surface area contributed by atoms with Crippen LogP contribution in [-0.4, -0.2) is 18.4 Å². The van der Waals surface area contributed by atoms with Crippen molar-refractivity contribution in [2.45, 2.75) is 6.92 Å². The molecule has 0 aliphatic rings. The number of fused-ring (bicyclic) bond motifs is 1. The molecular formula is C18H15ClN2O4. The largest absolute Gasteiger partial charge is 0.483 e. The van der Waals surface area contributed by atoms with Crippen LogP contribution in [0.2, 0.25) is 5.02 Å². The number of carbonyl (C=O) groups excluding carboxylic acids is 2. The van der Waals surface area contributed by atoms with E-state index in [1.807, 2.05) is 25.1 Å². The van der Waals surface area contributed by atoms with Crippen molar-refractivity contribution >= 4 is 34.4 Å². The molecule has 3 aromatic rings. The van der Waals surface area contributed by atoms with Crippen molar-refractivity contribution in [3.05, 3.63) is 64.9 Å². The number of benzene rings is 2. The van der Waals surface area contributed by atoms with E-state index >= 15 is 0 Å². The number of nitrogens with one attached hydrogen (secondary N) is 2. The summed E-state index contributed by atoms with van der Waals surface area (Å²) in [7, 11) is 0. The van der Waals surface area contributed by atoms with Crippen LogP contribution in [0.1, 0.15) is 16.1 Å². The molecule has 25 heavy (non-hydrogen) atoms. The highest BCUT2D eigenvalue weighted by molar-refractivity contribution is 6.31. The van der Waals surface area contributed by atoms with Crippen LogP contribution in [0.5, 0.6) is 5.75 Å². The number of para-hydroxylation sites is 1. The molecule has 0 unspecified atom stereocenters. The van der Waals surface area contributed by atoms with E-state index in [1.54, 1.807) is 30.3 Å². The highest BCUT2D eigenvalue weighted by Gasteiger charge is 2.13. The molecule has 1 heterocycles. The second-order valence-corrected chi connectivity index (χ2v) is 5.79. The second-order valence-electron chi connectivity index (χ2n) is 5.35.